The molecule has 1 heterocycles. The third-order valence-electron chi connectivity index (χ3n) is 4.65. The monoisotopic (exact) mass is 397 g/mol. The van der Waals surface area contributed by atoms with Gasteiger partial charge in [0.1, 0.15) is 5.60 Å². The van der Waals surface area contributed by atoms with E-state index in [2.05, 4.69) is 5.32 Å². The number of fused-ring (bicyclic) bond motifs is 1. The summed E-state index contributed by atoms with van der Waals surface area (Å²) in [5.74, 6) is 0.251. The van der Waals surface area contributed by atoms with Crippen molar-refractivity contribution in [1.82, 2.24) is 5.32 Å². The first-order valence-corrected chi connectivity index (χ1v) is 9.83. The molecule has 0 fully saturated rings. The molecule has 0 aliphatic carbocycles. The van der Waals surface area contributed by atoms with E-state index in [4.69, 9.17) is 14.2 Å². The lowest BCUT2D eigenvalue weighted by Gasteiger charge is -2.19. The number of carbonyl (C=O) groups is 2. The van der Waals surface area contributed by atoms with Gasteiger partial charge in [-0.05, 0) is 31.9 Å². The van der Waals surface area contributed by atoms with Gasteiger partial charge in [0.2, 0.25) is 0 Å². The Balaban J connectivity index is 1.51. The van der Waals surface area contributed by atoms with Crippen molar-refractivity contribution >= 4 is 11.9 Å². The standard InChI is InChI=1S/C23H27NO5/c1-4-18(22(26)24-14-16-9-6-5-7-10-16)28-20(25)15-27-19-12-8-11-17-13-23(2,3)29-21(17)19/h5-12,18H,4,13-15H2,1-3H3,(H,24,26). The van der Waals surface area contributed by atoms with Crippen LogP contribution in [0, 0.1) is 0 Å². The summed E-state index contributed by atoms with van der Waals surface area (Å²) in [6, 6.07) is 15.2. The Labute approximate surface area is 171 Å². The van der Waals surface area contributed by atoms with Gasteiger partial charge < -0.3 is 19.5 Å². The molecule has 1 amide bonds. The van der Waals surface area contributed by atoms with Gasteiger partial charge in [-0.2, -0.15) is 0 Å². The van der Waals surface area contributed by atoms with E-state index < -0.39 is 12.1 Å². The van der Waals surface area contributed by atoms with E-state index in [1.165, 1.54) is 0 Å². The molecule has 0 saturated heterocycles. The third kappa shape index (κ3) is 5.50. The lowest BCUT2D eigenvalue weighted by atomic mass is 10.0. The molecule has 3 rings (SSSR count). The van der Waals surface area contributed by atoms with Crippen LogP contribution >= 0.6 is 0 Å². The van der Waals surface area contributed by atoms with Gasteiger partial charge in [-0.1, -0.05) is 49.4 Å². The molecule has 1 unspecified atom stereocenters. The maximum Gasteiger partial charge on any atom is 0.344 e. The van der Waals surface area contributed by atoms with E-state index in [0.717, 1.165) is 17.5 Å². The molecule has 1 aliphatic heterocycles. The lowest BCUT2D eigenvalue weighted by molar-refractivity contribution is -0.158. The predicted molar refractivity (Wildman–Crippen MR) is 109 cm³/mol. The number of ether oxygens (including phenoxy) is 3. The average Bonchev–Trinajstić information content (AvgIpc) is 3.03. The molecule has 0 aromatic heterocycles. The van der Waals surface area contributed by atoms with Crippen LogP contribution in [0.5, 0.6) is 11.5 Å². The molecule has 2 aromatic rings. The van der Waals surface area contributed by atoms with Gasteiger partial charge in [0.05, 0.1) is 0 Å². The number of hydrogen-bond acceptors (Lipinski definition) is 5. The van der Waals surface area contributed by atoms with Gasteiger partial charge in [0.15, 0.2) is 24.2 Å². The fourth-order valence-electron chi connectivity index (χ4n) is 3.25. The largest absolute Gasteiger partial charge is 0.483 e. The Bertz CT molecular complexity index is 863. The first-order valence-electron chi connectivity index (χ1n) is 9.83. The Hall–Kier alpha value is -3.02. The minimum Gasteiger partial charge on any atom is -0.483 e. The van der Waals surface area contributed by atoms with Gasteiger partial charge in [-0.15, -0.1) is 0 Å². The van der Waals surface area contributed by atoms with Gasteiger partial charge in [-0.3, -0.25) is 4.79 Å². The van der Waals surface area contributed by atoms with Gasteiger partial charge in [-0.25, -0.2) is 4.79 Å². The highest BCUT2D eigenvalue weighted by Gasteiger charge is 2.32. The van der Waals surface area contributed by atoms with E-state index in [0.29, 0.717) is 24.5 Å². The SMILES string of the molecule is CCC(OC(=O)COc1cccc2c1OC(C)(C)C2)C(=O)NCc1ccccc1. The summed E-state index contributed by atoms with van der Waals surface area (Å²) in [6.45, 7) is 5.90. The quantitative estimate of drug-likeness (QED) is 0.691. The zero-order valence-electron chi connectivity index (χ0n) is 17.1. The van der Waals surface area contributed by atoms with E-state index in [1.54, 1.807) is 13.0 Å². The van der Waals surface area contributed by atoms with E-state index in [9.17, 15) is 9.59 Å². The summed E-state index contributed by atoms with van der Waals surface area (Å²) in [7, 11) is 0. The van der Waals surface area contributed by atoms with Crippen molar-refractivity contribution in [3.8, 4) is 11.5 Å². The first-order chi connectivity index (χ1) is 13.9. The Kier molecular flexibility index (Phi) is 6.42. The minimum absolute atomic E-state index is 0.289. The van der Waals surface area contributed by atoms with Crippen LogP contribution in [0.25, 0.3) is 0 Å². The second-order valence-corrected chi connectivity index (χ2v) is 7.66. The molecule has 6 nitrogen and oxygen atoms in total. The zero-order chi connectivity index (χ0) is 20.9. The van der Waals surface area contributed by atoms with Crippen molar-refractivity contribution in [2.75, 3.05) is 6.61 Å². The Morgan fingerprint density at radius 3 is 2.62 bits per heavy atom. The number of benzene rings is 2. The number of carbonyl (C=O) groups excluding carboxylic acids is 2. The molecular formula is C23H27NO5. The van der Waals surface area contributed by atoms with Crippen molar-refractivity contribution in [3.63, 3.8) is 0 Å². The lowest BCUT2D eigenvalue weighted by Crippen LogP contribution is -2.38. The Morgan fingerprint density at radius 1 is 1.14 bits per heavy atom. The van der Waals surface area contributed by atoms with Crippen LogP contribution in [-0.4, -0.2) is 30.2 Å². The molecule has 0 radical (unpaired) electrons. The van der Waals surface area contributed by atoms with Crippen LogP contribution in [0.1, 0.15) is 38.3 Å². The molecule has 0 saturated carbocycles. The average molecular weight is 397 g/mol. The maximum atomic E-state index is 12.3. The number of para-hydroxylation sites is 1. The zero-order valence-corrected chi connectivity index (χ0v) is 17.1. The summed E-state index contributed by atoms with van der Waals surface area (Å²) in [6.07, 6.45) is 0.305. The highest BCUT2D eigenvalue weighted by atomic mass is 16.6. The van der Waals surface area contributed by atoms with Crippen molar-refractivity contribution in [2.24, 2.45) is 0 Å². The fraction of sp³-hybridized carbons (Fsp3) is 0.391. The topological polar surface area (TPSA) is 73.9 Å². The number of amides is 1. The molecule has 1 atom stereocenters. The second-order valence-electron chi connectivity index (χ2n) is 7.66. The van der Waals surface area contributed by atoms with E-state index in [-0.39, 0.29) is 18.1 Å². The highest BCUT2D eigenvalue weighted by Crippen LogP contribution is 2.41. The summed E-state index contributed by atoms with van der Waals surface area (Å²) >= 11 is 0. The van der Waals surface area contributed by atoms with Crippen molar-refractivity contribution < 1.29 is 23.8 Å². The summed E-state index contributed by atoms with van der Waals surface area (Å²) in [5.41, 5.74) is 1.73. The van der Waals surface area contributed by atoms with Gasteiger partial charge in [0.25, 0.3) is 5.91 Å². The van der Waals surface area contributed by atoms with E-state index >= 15 is 0 Å². The molecule has 154 valence electrons. The van der Waals surface area contributed by atoms with Crippen molar-refractivity contribution in [1.29, 1.82) is 0 Å². The number of hydrogen-bond donors (Lipinski definition) is 1. The van der Waals surface area contributed by atoms with Crippen molar-refractivity contribution in [2.45, 2.75) is 51.9 Å². The minimum atomic E-state index is -0.855. The number of nitrogens with one attached hydrogen (secondary N) is 1. The van der Waals surface area contributed by atoms with Gasteiger partial charge >= 0.3 is 5.97 Å². The van der Waals surface area contributed by atoms with Crippen LogP contribution in [0.15, 0.2) is 48.5 Å². The van der Waals surface area contributed by atoms with E-state index in [1.807, 2.05) is 56.3 Å². The van der Waals surface area contributed by atoms with Crippen LogP contribution in [0.3, 0.4) is 0 Å². The Morgan fingerprint density at radius 2 is 1.90 bits per heavy atom. The molecular weight excluding hydrogens is 370 g/mol. The van der Waals surface area contributed by atoms with Crippen LogP contribution in [-0.2, 0) is 27.3 Å². The molecule has 29 heavy (non-hydrogen) atoms. The molecule has 0 spiro atoms. The molecule has 2 aromatic carbocycles. The number of esters is 1. The molecule has 1 N–H and O–H groups in total. The summed E-state index contributed by atoms with van der Waals surface area (Å²) in [4.78, 5) is 24.6. The smallest absolute Gasteiger partial charge is 0.344 e. The number of rotatable bonds is 8. The fourth-order valence-corrected chi connectivity index (χ4v) is 3.25. The normalized spacial score (nSPS) is 15.0. The van der Waals surface area contributed by atoms with Crippen LogP contribution in [0.2, 0.25) is 0 Å². The first kappa shape index (κ1) is 20.7. The third-order valence-corrected chi connectivity index (χ3v) is 4.65. The van der Waals surface area contributed by atoms with Crippen molar-refractivity contribution in [3.05, 3.63) is 59.7 Å². The molecule has 6 heteroatoms. The molecule has 1 aliphatic rings. The molecule has 0 bridgehead atoms. The predicted octanol–water partition coefficient (Wildman–Crippen LogP) is 3.42. The van der Waals surface area contributed by atoms with Gasteiger partial charge in [0, 0.05) is 18.5 Å². The highest BCUT2D eigenvalue weighted by molar-refractivity contribution is 5.84. The summed E-state index contributed by atoms with van der Waals surface area (Å²) < 4.78 is 16.9. The maximum absolute atomic E-state index is 12.3. The van der Waals surface area contributed by atoms with Crippen LogP contribution in [0.4, 0.5) is 0 Å². The second kappa shape index (κ2) is 8.99. The van der Waals surface area contributed by atoms with Crippen LogP contribution < -0.4 is 14.8 Å². The summed E-state index contributed by atoms with van der Waals surface area (Å²) in [5, 5.41) is 2.80.